The van der Waals surface area contributed by atoms with Gasteiger partial charge in [0.2, 0.25) is 0 Å². The van der Waals surface area contributed by atoms with Gasteiger partial charge in [-0.2, -0.15) is 0 Å². The number of rotatable bonds is 3. The third-order valence-electron chi connectivity index (χ3n) is 5.62. The molecule has 0 N–H and O–H groups in total. The van der Waals surface area contributed by atoms with Gasteiger partial charge >= 0.3 is 0 Å². The lowest BCUT2D eigenvalue weighted by Gasteiger charge is -2.43. The van der Waals surface area contributed by atoms with E-state index in [0.717, 1.165) is 56.8 Å². The van der Waals surface area contributed by atoms with Gasteiger partial charge in [0.1, 0.15) is 11.5 Å². The number of hydroxylamine groups is 2. The van der Waals surface area contributed by atoms with Crippen molar-refractivity contribution in [3.8, 4) is 0 Å². The summed E-state index contributed by atoms with van der Waals surface area (Å²) in [5.41, 5.74) is 0. The van der Waals surface area contributed by atoms with Gasteiger partial charge in [0.25, 0.3) is 5.91 Å². The molecule has 25 heavy (non-hydrogen) atoms. The maximum Gasteiger partial charge on any atom is 0.251 e. The number of aryl methyl sites for hydroxylation is 1. The van der Waals surface area contributed by atoms with Crippen molar-refractivity contribution >= 4 is 5.91 Å². The molecule has 0 bridgehead atoms. The molecule has 3 aliphatic rings. The number of ether oxygens (including phenoxy) is 1. The van der Waals surface area contributed by atoms with Gasteiger partial charge in [0.15, 0.2) is 0 Å². The molecule has 0 spiro atoms. The van der Waals surface area contributed by atoms with Crippen LogP contribution in [0.1, 0.15) is 37.2 Å². The zero-order chi connectivity index (χ0) is 17.2. The summed E-state index contributed by atoms with van der Waals surface area (Å²) in [6.07, 6.45) is 4.29. The van der Waals surface area contributed by atoms with Crippen molar-refractivity contribution < 1.29 is 18.8 Å². The minimum Gasteiger partial charge on any atom is -0.465 e. The topological polar surface area (TPSA) is 55.2 Å². The highest BCUT2D eigenvalue weighted by atomic mass is 16.7. The van der Waals surface area contributed by atoms with Crippen LogP contribution in [0.15, 0.2) is 16.5 Å². The lowest BCUT2D eigenvalue weighted by Crippen LogP contribution is -2.51. The molecule has 0 aliphatic carbocycles. The van der Waals surface area contributed by atoms with E-state index in [4.69, 9.17) is 14.0 Å². The van der Waals surface area contributed by atoms with Crippen LogP contribution < -0.4 is 0 Å². The van der Waals surface area contributed by atoms with E-state index >= 15 is 0 Å². The van der Waals surface area contributed by atoms with Crippen molar-refractivity contribution in [3.63, 3.8) is 0 Å². The Morgan fingerprint density at radius 3 is 2.96 bits per heavy atom. The first kappa shape index (κ1) is 17.1. The highest BCUT2D eigenvalue weighted by molar-refractivity contribution is 5.78. The zero-order valence-corrected chi connectivity index (χ0v) is 15.0. The molecule has 6 heteroatoms. The zero-order valence-electron chi connectivity index (χ0n) is 15.0. The molecule has 1 amide bonds. The van der Waals surface area contributed by atoms with Gasteiger partial charge in [-0.25, -0.2) is 5.06 Å². The number of furan rings is 1. The van der Waals surface area contributed by atoms with Gasteiger partial charge in [-0.1, -0.05) is 0 Å². The molecular formula is C19H28N2O4. The molecule has 4 heterocycles. The van der Waals surface area contributed by atoms with Gasteiger partial charge in [-0.15, -0.1) is 0 Å². The number of piperidine rings is 1. The molecule has 0 unspecified atom stereocenters. The molecular weight excluding hydrogens is 320 g/mol. The molecule has 0 radical (unpaired) electrons. The number of amides is 1. The lowest BCUT2D eigenvalue weighted by atomic mass is 9.83. The first-order valence-corrected chi connectivity index (χ1v) is 9.52. The van der Waals surface area contributed by atoms with Gasteiger partial charge in [0.05, 0.1) is 31.8 Å². The van der Waals surface area contributed by atoms with E-state index in [0.29, 0.717) is 31.8 Å². The van der Waals surface area contributed by atoms with E-state index in [-0.39, 0.29) is 11.8 Å². The number of hydrogen-bond acceptors (Lipinski definition) is 5. The predicted octanol–water partition coefficient (Wildman–Crippen LogP) is 2.37. The lowest BCUT2D eigenvalue weighted by molar-refractivity contribution is -0.208. The minimum atomic E-state index is -0.0647. The van der Waals surface area contributed by atoms with E-state index in [1.807, 2.05) is 13.0 Å². The minimum absolute atomic E-state index is 0.0647. The molecule has 3 atom stereocenters. The van der Waals surface area contributed by atoms with Crippen LogP contribution in [-0.4, -0.2) is 54.8 Å². The second-order valence-electron chi connectivity index (χ2n) is 7.58. The highest BCUT2D eigenvalue weighted by Gasteiger charge is 2.40. The second-order valence-corrected chi connectivity index (χ2v) is 7.58. The third-order valence-corrected chi connectivity index (χ3v) is 5.62. The summed E-state index contributed by atoms with van der Waals surface area (Å²) in [6.45, 7) is 6.71. The first-order chi connectivity index (χ1) is 12.2. The molecule has 3 saturated heterocycles. The summed E-state index contributed by atoms with van der Waals surface area (Å²) in [5.74, 6) is 2.43. The van der Waals surface area contributed by atoms with E-state index < -0.39 is 0 Å². The highest BCUT2D eigenvalue weighted by Crippen LogP contribution is 2.33. The van der Waals surface area contributed by atoms with E-state index in [2.05, 4.69) is 11.0 Å². The van der Waals surface area contributed by atoms with E-state index in [1.54, 1.807) is 5.06 Å². The second kappa shape index (κ2) is 7.48. The molecule has 1 aromatic rings. The Balaban J connectivity index is 1.34. The van der Waals surface area contributed by atoms with Crippen molar-refractivity contribution in [3.05, 3.63) is 23.7 Å². The van der Waals surface area contributed by atoms with Gasteiger partial charge < -0.3 is 9.15 Å². The molecule has 138 valence electrons. The Labute approximate surface area is 149 Å². The summed E-state index contributed by atoms with van der Waals surface area (Å²) < 4.78 is 11.8. The van der Waals surface area contributed by atoms with Crippen LogP contribution in [0.3, 0.4) is 0 Å². The summed E-state index contributed by atoms with van der Waals surface area (Å²) in [5, 5.41) is 1.57. The van der Waals surface area contributed by atoms with Crippen molar-refractivity contribution in [1.29, 1.82) is 0 Å². The van der Waals surface area contributed by atoms with Crippen LogP contribution in [0.2, 0.25) is 0 Å². The van der Waals surface area contributed by atoms with Gasteiger partial charge in [-0.05, 0) is 50.7 Å². The van der Waals surface area contributed by atoms with Crippen LogP contribution in [0.4, 0.5) is 0 Å². The monoisotopic (exact) mass is 348 g/mol. The fourth-order valence-electron chi connectivity index (χ4n) is 4.29. The first-order valence-electron chi connectivity index (χ1n) is 9.52. The van der Waals surface area contributed by atoms with Crippen molar-refractivity contribution in [2.24, 2.45) is 11.8 Å². The van der Waals surface area contributed by atoms with E-state index in [1.165, 1.54) is 0 Å². The maximum atomic E-state index is 12.7. The molecule has 3 aliphatic heterocycles. The number of carbonyl (C=O) groups is 1. The molecule has 0 saturated carbocycles. The standard InChI is InChI=1S/C19H28N2O4/c1-14-4-5-17(25-14)12-20-8-6-18-15(11-20)10-16(13-23-18)19(22)21-7-2-3-9-24-21/h4-5,15-16,18H,2-3,6-13H2,1H3/t15-,16-,18+/m1/s1. The Bertz CT molecular complexity index is 596. The van der Waals surface area contributed by atoms with Crippen molar-refractivity contribution in [2.45, 2.75) is 45.3 Å². The molecule has 3 fully saturated rings. The normalized spacial score (nSPS) is 30.9. The summed E-state index contributed by atoms with van der Waals surface area (Å²) in [4.78, 5) is 20.7. The average molecular weight is 348 g/mol. The smallest absolute Gasteiger partial charge is 0.251 e. The SMILES string of the molecule is Cc1ccc(CN2CC[C@@H]3OC[C@H](C(=O)N4CCCCO4)C[C@@H]3C2)o1. The third kappa shape index (κ3) is 3.91. The number of hydrogen-bond donors (Lipinski definition) is 0. The molecule has 4 rings (SSSR count). The number of carbonyl (C=O) groups excluding carboxylic acids is 1. The van der Waals surface area contributed by atoms with Crippen molar-refractivity contribution in [1.82, 2.24) is 9.96 Å². The summed E-state index contributed by atoms with van der Waals surface area (Å²) in [6, 6.07) is 4.07. The fourth-order valence-corrected chi connectivity index (χ4v) is 4.29. The molecule has 0 aromatic carbocycles. The van der Waals surface area contributed by atoms with Crippen LogP contribution >= 0.6 is 0 Å². The van der Waals surface area contributed by atoms with Crippen LogP contribution in [0.25, 0.3) is 0 Å². The Hall–Kier alpha value is -1.37. The van der Waals surface area contributed by atoms with Crippen LogP contribution in [-0.2, 0) is 20.9 Å². The molecule has 1 aromatic heterocycles. The van der Waals surface area contributed by atoms with Crippen LogP contribution in [0, 0.1) is 18.8 Å². The summed E-state index contributed by atoms with van der Waals surface area (Å²) >= 11 is 0. The average Bonchev–Trinajstić information content (AvgIpc) is 3.06. The summed E-state index contributed by atoms with van der Waals surface area (Å²) in [7, 11) is 0. The quantitative estimate of drug-likeness (QED) is 0.839. The molecule has 6 nitrogen and oxygen atoms in total. The fraction of sp³-hybridized carbons (Fsp3) is 0.737. The Morgan fingerprint density at radius 1 is 1.28 bits per heavy atom. The number of fused-ring (bicyclic) bond motifs is 1. The van der Waals surface area contributed by atoms with Crippen LogP contribution in [0.5, 0.6) is 0 Å². The predicted molar refractivity (Wildman–Crippen MR) is 91.6 cm³/mol. The Morgan fingerprint density at radius 2 is 2.20 bits per heavy atom. The van der Waals surface area contributed by atoms with Crippen molar-refractivity contribution in [2.75, 3.05) is 32.8 Å². The van der Waals surface area contributed by atoms with E-state index in [9.17, 15) is 4.79 Å². The largest absolute Gasteiger partial charge is 0.465 e. The van der Waals surface area contributed by atoms with Gasteiger partial charge in [-0.3, -0.25) is 14.5 Å². The maximum absolute atomic E-state index is 12.7. The number of likely N-dealkylation sites (tertiary alicyclic amines) is 1. The van der Waals surface area contributed by atoms with Gasteiger partial charge in [0, 0.05) is 19.6 Å². The Kier molecular flexibility index (Phi) is 5.10. The number of nitrogens with zero attached hydrogens (tertiary/aromatic N) is 2.